The molecule has 0 bridgehead atoms. The molecule has 0 atom stereocenters. The number of para-hydroxylation sites is 1. The zero-order valence-electron chi connectivity index (χ0n) is 18.6. The van der Waals surface area contributed by atoms with Gasteiger partial charge in [0.2, 0.25) is 5.91 Å². The number of aliphatic hydroxyl groups excluding tert-OH is 1. The van der Waals surface area contributed by atoms with Gasteiger partial charge in [0.1, 0.15) is 28.7 Å². The summed E-state index contributed by atoms with van der Waals surface area (Å²) in [6, 6.07) is 13.5. The molecule has 0 spiro atoms. The van der Waals surface area contributed by atoms with Gasteiger partial charge in [0.05, 0.1) is 17.1 Å². The number of ether oxygens (including phenoxy) is 2. The van der Waals surface area contributed by atoms with Gasteiger partial charge < -0.3 is 19.7 Å². The summed E-state index contributed by atoms with van der Waals surface area (Å²) in [5.41, 5.74) is 1.45. The number of aromatic carboxylic acids is 1. The van der Waals surface area contributed by atoms with Crippen molar-refractivity contribution in [1.29, 1.82) is 0 Å². The van der Waals surface area contributed by atoms with Crippen molar-refractivity contribution in [1.82, 2.24) is 0 Å². The fourth-order valence-electron chi connectivity index (χ4n) is 2.96. The summed E-state index contributed by atoms with van der Waals surface area (Å²) in [7, 11) is 0. The molecule has 0 aromatic heterocycles. The Morgan fingerprint density at radius 1 is 1.06 bits per heavy atom. The number of carboxylic acids is 1. The molecule has 8 nitrogen and oxygen atoms in total. The van der Waals surface area contributed by atoms with E-state index in [2.05, 4.69) is 4.99 Å². The summed E-state index contributed by atoms with van der Waals surface area (Å²) in [5.74, 6) is -1.98. The number of hydrogen-bond acceptors (Lipinski definition) is 7. The minimum Gasteiger partial charge on any atom is -0.506 e. The van der Waals surface area contributed by atoms with E-state index in [0.29, 0.717) is 16.2 Å². The normalized spacial score (nSPS) is 15.6. The maximum Gasteiger partial charge on any atom is 0.344 e. The van der Waals surface area contributed by atoms with Crippen molar-refractivity contribution in [2.75, 3.05) is 6.61 Å². The second-order valence-corrected chi connectivity index (χ2v) is 8.08. The number of aliphatic hydroxyl groups is 1. The number of amides is 1. The van der Waals surface area contributed by atoms with Gasteiger partial charge in [0, 0.05) is 12.0 Å². The lowest BCUT2D eigenvalue weighted by Gasteiger charge is -2.10. The van der Waals surface area contributed by atoms with Gasteiger partial charge in [0.15, 0.2) is 0 Å². The average Bonchev–Trinajstić information content (AvgIpc) is 3.13. The molecule has 2 aromatic rings. The Balaban J connectivity index is 1.89. The van der Waals surface area contributed by atoms with Crippen molar-refractivity contribution in [2.24, 2.45) is 4.99 Å². The van der Waals surface area contributed by atoms with Gasteiger partial charge >= 0.3 is 11.9 Å². The summed E-state index contributed by atoms with van der Waals surface area (Å²) in [4.78, 5) is 39.5. The molecule has 176 valence electrons. The number of nitrogens with zero attached hydrogens (tertiary/aromatic N) is 1. The smallest absolute Gasteiger partial charge is 0.344 e. The van der Waals surface area contributed by atoms with Gasteiger partial charge in [-0.25, -0.2) is 14.6 Å². The number of carboxylic acid groups (broad SMARTS) is 1. The van der Waals surface area contributed by atoms with Crippen LogP contribution >= 0.6 is 11.8 Å². The molecule has 2 N–H and O–H groups in total. The summed E-state index contributed by atoms with van der Waals surface area (Å²) < 4.78 is 10.9. The lowest BCUT2D eigenvalue weighted by molar-refractivity contribution is -0.138. The molecule has 1 amide bonds. The Kier molecular flexibility index (Phi) is 8.26. The second kappa shape index (κ2) is 11.3. The van der Waals surface area contributed by atoms with Crippen molar-refractivity contribution in [2.45, 2.75) is 26.9 Å². The predicted octanol–water partition coefficient (Wildman–Crippen LogP) is 4.76. The van der Waals surface area contributed by atoms with Gasteiger partial charge in [-0.05, 0) is 36.8 Å². The summed E-state index contributed by atoms with van der Waals surface area (Å²) >= 11 is 1.00. The number of benzene rings is 2. The van der Waals surface area contributed by atoms with E-state index >= 15 is 0 Å². The molecule has 9 heteroatoms. The molecule has 2 aromatic carbocycles. The molecule has 0 aliphatic carbocycles. The summed E-state index contributed by atoms with van der Waals surface area (Å²) in [5, 5.41) is 19.9. The van der Waals surface area contributed by atoms with Crippen molar-refractivity contribution in [3.63, 3.8) is 0 Å². The summed E-state index contributed by atoms with van der Waals surface area (Å²) in [6.45, 7) is 3.60. The van der Waals surface area contributed by atoms with E-state index in [1.807, 2.05) is 0 Å². The highest BCUT2D eigenvalue weighted by Crippen LogP contribution is 2.40. The highest BCUT2D eigenvalue weighted by atomic mass is 32.2. The third-order valence-corrected chi connectivity index (χ3v) is 5.72. The minimum absolute atomic E-state index is 0.0889. The lowest BCUT2D eigenvalue weighted by atomic mass is 10.1. The number of carbonyl (C=O) groups excluding carboxylic acids is 2. The van der Waals surface area contributed by atoms with Crippen LogP contribution in [0.25, 0.3) is 6.08 Å². The number of aliphatic imine (C=N–C) groups is 1. The van der Waals surface area contributed by atoms with Crippen molar-refractivity contribution >= 4 is 40.7 Å². The summed E-state index contributed by atoms with van der Waals surface area (Å²) in [6.07, 6.45) is 1.80. The Morgan fingerprint density at radius 2 is 1.76 bits per heavy atom. The van der Waals surface area contributed by atoms with E-state index in [4.69, 9.17) is 14.6 Å². The maximum atomic E-state index is 12.4. The first kappa shape index (κ1) is 24.8. The molecular weight excluding hydrogens is 458 g/mol. The Bertz CT molecular complexity index is 1200. The highest BCUT2D eigenvalue weighted by Gasteiger charge is 2.33. The number of thioether (sulfide) groups is 1. The van der Waals surface area contributed by atoms with Crippen LogP contribution in [0.1, 0.15) is 41.8 Å². The third-order valence-electron chi connectivity index (χ3n) is 4.70. The monoisotopic (exact) mass is 481 g/mol. The van der Waals surface area contributed by atoms with E-state index in [1.165, 1.54) is 12.1 Å². The molecule has 1 aliphatic heterocycles. The van der Waals surface area contributed by atoms with Crippen LogP contribution in [0.2, 0.25) is 0 Å². The molecule has 1 heterocycles. The van der Waals surface area contributed by atoms with E-state index in [0.717, 1.165) is 17.3 Å². The zero-order valence-corrected chi connectivity index (χ0v) is 19.4. The van der Waals surface area contributed by atoms with Crippen molar-refractivity contribution in [3.05, 3.63) is 81.5 Å². The molecule has 0 fully saturated rings. The Morgan fingerprint density at radius 3 is 2.41 bits per heavy atom. The quantitative estimate of drug-likeness (QED) is 0.518. The zero-order chi connectivity index (χ0) is 24.7. The predicted molar refractivity (Wildman–Crippen MR) is 129 cm³/mol. The molecular formula is C25H23NO7S. The SMILES string of the molecule is CCOC(=O)C1=C(O)/C(=C/c2ccccc2OCc2ccc(C(=O)O)cc2)SC1=NC(=O)CC. The van der Waals surface area contributed by atoms with Crippen molar-refractivity contribution in [3.8, 4) is 5.75 Å². The topological polar surface area (TPSA) is 122 Å². The van der Waals surface area contributed by atoms with Gasteiger partial charge in [-0.15, -0.1) is 0 Å². The largest absolute Gasteiger partial charge is 0.506 e. The number of hydrogen-bond donors (Lipinski definition) is 2. The average molecular weight is 482 g/mol. The fraction of sp³-hybridized carbons (Fsp3) is 0.200. The van der Waals surface area contributed by atoms with E-state index < -0.39 is 17.8 Å². The lowest BCUT2D eigenvalue weighted by Crippen LogP contribution is -2.14. The van der Waals surface area contributed by atoms with E-state index in [1.54, 1.807) is 56.3 Å². The first-order chi connectivity index (χ1) is 16.3. The molecule has 34 heavy (non-hydrogen) atoms. The Hall–Kier alpha value is -3.85. The first-order valence-corrected chi connectivity index (χ1v) is 11.3. The van der Waals surface area contributed by atoms with Gasteiger partial charge in [-0.1, -0.05) is 49.0 Å². The number of carbonyl (C=O) groups is 3. The van der Waals surface area contributed by atoms with Crippen LogP contribution in [-0.2, 0) is 20.9 Å². The van der Waals surface area contributed by atoms with Crippen LogP contribution in [-0.4, -0.2) is 39.7 Å². The molecule has 0 radical (unpaired) electrons. The molecule has 1 aliphatic rings. The molecule has 0 saturated carbocycles. The van der Waals surface area contributed by atoms with Gasteiger partial charge in [-0.3, -0.25) is 4.79 Å². The van der Waals surface area contributed by atoms with Crippen molar-refractivity contribution < 1.29 is 34.1 Å². The van der Waals surface area contributed by atoms with E-state index in [9.17, 15) is 19.5 Å². The van der Waals surface area contributed by atoms with Crippen LogP contribution in [0.3, 0.4) is 0 Å². The van der Waals surface area contributed by atoms with Crippen LogP contribution in [0, 0.1) is 0 Å². The van der Waals surface area contributed by atoms with E-state index in [-0.39, 0.29) is 41.6 Å². The second-order valence-electron chi connectivity index (χ2n) is 7.05. The first-order valence-electron chi connectivity index (χ1n) is 10.5. The molecule has 3 rings (SSSR count). The van der Waals surface area contributed by atoms with Crippen LogP contribution < -0.4 is 4.74 Å². The minimum atomic E-state index is -1.00. The molecule has 0 unspecified atom stereocenters. The van der Waals surface area contributed by atoms with Gasteiger partial charge in [-0.2, -0.15) is 0 Å². The standard InChI is InChI=1S/C25H23NO7S/c1-3-20(27)26-23-21(25(31)32-4-2)22(28)19(34-23)13-17-7-5-6-8-18(17)33-14-15-9-11-16(12-10-15)24(29)30/h5-13,28H,3-4,14H2,1-2H3,(H,29,30)/b19-13-,26-23?. The van der Waals surface area contributed by atoms with Crippen LogP contribution in [0.15, 0.2) is 69.8 Å². The maximum absolute atomic E-state index is 12.4. The highest BCUT2D eigenvalue weighted by molar-refractivity contribution is 8.18. The van der Waals surface area contributed by atoms with Gasteiger partial charge in [0.25, 0.3) is 0 Å². The van der Waals surface area contributed by atoms with Crippen LogP contribution in [0.5, 0.6) is 5.75 Å². The third kappa shape index (κ3) is 5.93. The van der Waals surface area contributed by atoms with Crippen LogP contribution in [0.4, 0.5) is 0 Å². The molecule has 0 saturated heterocycles. The number of esters is 1. The number of rotatable bonds is 8. The Labute approximate surface area is 200 Å². The fourth-order valence-corrected chi connectivity index (χ4v) is 3.98.